The van der Waals surface area contributed by atoms with Crippen molar-refractivity contribution >= 4 is 29.2 Å². The van der Waals surface area contributed by atoms with Crippen molar-refractivity contribution < 1.29 is 14.7 Å². The van der Waals surface area contributed by atoms with Crippen molar-refractivity contribution in [3.63, 3.8) is 0 Å². The topological polar surface area (TPSA) is 79.3 Å². The van der Waals surface area contributed by atoms with Gasteiger partial charge in [0.1, 0.15) is 0 Å². The molecule has 0 aliphatic carbocycles. The molecule has 0 saturated heterocycles. The molecule has 102 valence electrons. The minimum atomic E-state index is -1.09. The molecule has 1 heterocycles. The minimum Gasteiger partial charge on any atom is -0.478 e. The number of pyridine rings is 1. The zero-order chi connectivity index (χ0) is 14.7. The Morgan fingerprint density at radius 1 is 1.20 bits per heavy atom. The summed E-state index contributed by atoms with van der Waals surface area (Å²) in [4.78, 5) is 27.0. The molecule has 0 radical (unpaired) electrons. The lowest BCUT2D eigenvalue weighted by Crippen LogP contribution is -2.13. The molecule has 5 nitrogen and oxygen atoms in total. The Morgan fingerprint density at radius 2 is 1.95 bits per heavy atom. The summed E-state index contributed by atoms with van der Waals surface area (Å²) < 4.78 is 0. The summed E-state index contributed by atoms with van der Waals surface area (Å²) >= 11 is 5.94. The first-order valence-corrected chi connectivity index (χ1v) is 6.12. The second kappa shape index (κ2) is 5.71. The molecule has 1 aromatic carbocycles. The molecule has 2 N–H and O–H groups in total. The number of carbonyl (C=O) groups is 2. The van der Waals surface area contributed by atoms with Gasteiger partial charge in [-0.1, -0.05) is 11.6 Å². The molecule has 0 unspecified atom stereocenters. The highest BCUT2D eigenvalue weighted by molar-refractivity contribution is 6.34. The second-order valence-electron chi connectivity index (χ2n) is 4.14. The van der Waals surface area contributed by atoms with E-state index in [0.29, 0.717) is 11.3 Å². The first-order valence-electron chi connectivity index (χ1n) is 5.74. The lowest BCUT2D eigenvalue weighted by atomic mass is 10.2. The Morgan fingerprint density at radius 3 is 2.60 bits per heavy atom. The number of hydrogen-bond donors (Lipinski definition) is 2. The van der Waals surface area contributed by atoms with Crippen molar-refractivity contribution in [3.8, 4) is 0 Å². The molecule has 1 amide bonds. The monoisotopic (exact) mass is 290 g/mol. The molecule has 0 fully saturated rings. The normalized spacial score (nSPS) is 10.1. The van der Waals surface area contributed by atoms with Gasteiger partial charge in [-0.05, 0) is 37.3 Å². The van der Waals surface area contributed by atoms with Crippen LogP contribution < -0.4 is 5.32 Å². The van der Waals surface area contributed by atoms with E-state index < -0.39 is 5.97 Å². The van der Waals surface area contributed by atoms with Crippen LogP contribution in [-0.2, 0) is 0 Å². The first-order chi connectivity index (χ1) is 9.47. The molecule has 20 heavy (non-hydrogen) atoms. The van der Waals surface area contributed by atoms with Gasteiger partial charge in [0, 0.05) is 17.5 Å². The Balaban J connectivity index is 2.27. The predicted octanol–water partition coefficient (Wildman–Crippen LogP) is 2.99. The van der Waals surface area contributed by atoms with E-state index in [2.05, 4.69) is 10.3 Å². The molecule has 2 aromatic rings. The van der Waals surface area contributed by atoms with Crippen LogP contribution in [0.3, 0.4) is 0 Å². The molecule has 0 bridgehead atoms. The standard InChI is InChI=1S/C14H11ClN2O3/c1-8-6-9(4-5-16-8)13(18)17-12-7-10(14(19)20)2-3-11(12)15/h2-7H,1H3,(H,17,18)(H,19,20). The van der Waals surface area contributed by atoms with Crippen molar-refractivity contribution in [2.75, 3.05) is 5.32 Å². The maximum atomic E-state index is 12.1. The lowest BCUT2D eigenvalue weighted by Gasteiger charge is -2.08. The van der Waals surface area contributed by atoms with Crippen LogP contribution >= 0.6 is 11.6 Å². The smallest absolute Gasteiger partial charge is 0.335 e. The van der Waals surface area contributed by atoms with Crippen LogP contribution in [0.25, 0.3) is 0 Å². The highest BCUT2D eigenvalue weighted by atomic mass is 35.5. The average Bonchev–Trinajstić information content (AvgIpc) is 2.41. The van der Waals surface area contributed by atoms with E-state index in [1.54, 1.807) is 19.1 Å². The van der Waals surface area contributed by atoms with Crippen LogP contribution in [0, 0.1) is 6.92 Å². The fourth-order valence-electron chi connectivity index (χ4n) is 1.64. The summed E-state index contributed by atoms with van der Waals surface area (Å²) in [6.45, 7) is 1.77. The number of amides is 1. The number of carboxylic acid groups (broad SMARTS) is 1. The van der Waals surface area contributed by atoms with Crippen LogP contribution in [0.1, 0.15) is 26.4 Å². The molecule has 2 rings (SSSR count). The highest BCUT2D eigenvalue weighted by Gasteiger charge is 2.11. The fraction of sp³-hybridized carbons (Fsp3) is 0.0714. The minimum absolute atomic E-state index is 0.0515. The van der Waals surface area contributed by atoms with Crippen molar-refractivity contribution in [2.45, 2.75) is 6.92 Å². The largest absolute Gasteiger partial charge is 0.478 e. The lowest BCUT2D eigenvalue weighted by molar-refractivity contribution is 0.0696. The van der Waals surface area contributed by atoms with Crippen LogP contribution in [0.2, 0.25) is 5.02 Å². The van der Waals surface area contributed by atoms with Crippen LogP contribution in [0.4, 0.5) is 5.69 Å². The van der Waals surface area contributed by atoms with Crippen LogP contribution in [0.15, 0.2) is 36.5 Å². The number of rotatable bonds is 3. The summed E-state index contributed by atoms with van der Waals surface area (Å²) in [5.74, 6) is -1.46. The number of hydrogen-bond acceptors (Lipinski definition) is 3. The van der Waals surface area contributed by atoms with Gasteiger partial charge in [0.05, 0.1) is 16.3 Å². The number of carbonyl (C=O) groups excluding carboxylic acids is 1. The van der Waals surface area contributed by atoms with Crippen molar-refractivity contribution in [1.29, 1.82) is 0 Å². The van der Waals surface area contributed by atoms with E-state index >= 15 is 0 Å². The Labute approximate surface area is 120 Å². The number of aryl methyl sites for hydroxylation is 1. The quantitative estimate of drug-likeness (QED) is 0.911. The van der Waals surface area contributed by atoms with Crippen LogP contribution in [0.5, 0.6) is 0 Å². The number of aromatic carboxylic acids is 1. The molecule has 0 spiro atoms. The number of benzene rings is 1. The summed E-state index contributed by atoms with van der Waals surface area (Å²) in [5.41, 5.74) is 1.44. The summed E-state index contributed by atoms with van der Waals surface area (Å²) in [5, 5.41) is 11.8. The van der Waals surface area contributed by atoms with Gasteiger partial charge in [0.2, 0.25) is 0 Å². The van der Waals surface area contributed by atoms with Crippen molar-refractivity contribution in [3.05, 3.63) is 58.4 Å². The van der Waals surface area contributed by atoms with E-state index in [4.69, 9.17) is 16.7 Å². The molecule has 0 saturated carbocycles. The summed E-state index contributed by atoms with van der Waals surface area (Å²) in [7, 11) is 0. The zero-order valence-corrected chi connectivity index (χ0v) is 11.3. The zero-order valence-electron chi connectivity index (χ0n) is 10.6. The van der Waals surface area contributed by atoms with Gasteiger partial charge in [-0.2, -0.15) is 0 Å². The highest BCUT2D eigenvalue weighted by Crippen LogP contribution is 2.23. The molecular formula is C14H11ClN2O3. The van der Waals surface area contributed by atoms with Gasteiger partial charge >= 0.3 is 5.97 Å². The number of halogens is 1. The second-order valence-corrected chi connectivity index (χ2v) is 4.55. The van der Waals surface area contributed by atoms with E-state index in [1.807, 2.05) is 0 Å². The molecule has 0 aliphatic heterocycles. The maximum absolute atomic E-state index is 12.1. The molecule has 0 aliphatic rings. The van der Waals surface area contributed by atoms with Crippen molar-refractivity contribution in [1.82, 2.24) is 4.98 Å². The molecular weight excluding hydrogens is 280 g/mol. The summed E-state index contributed by atoms with van der Waals surface area (Å²) in [6.07, 6.45) is 1.53. The van der Waals surface area contributed by atoms with Gasteiger partial charge in [-0.25, -0.2) is 4.79 Å². The van der Waals surface area contributed by atoms with Gasteiger partial charge in [0.25, 0.3) is 5.91 Å². The van der Waals surface area contributed by atoms with E-state index in [9.17, 15) is 9.59 Å². The third kappa shape index (κ3) is 3.13. The Kier molecular flexibility index (Phi) is 4.00. The maximum Gasteiger partial charge on any atom is 0.335 e. The Hall–Kier alpha value is -2.40. The number of carboxylic acids is 1. The Bertz CT molecular complexity index is 686. The van der Waals surface area contributed by atoms with Crippen molar-refractivity contribution in [2.24, 2.45) is 0 Å². The third-order valence-corrected chi connectivity index (χ3v) is 2.95. The van der Waals surface area contributed by atoms with Gasteiger partial charge in [0.15, 0.2) is 0 Å². The molecule has 0 atom stereocenters. The fourth-order valence-corrected chi connectivity index (χ4v) is 1.80. The van der Waals surface area contributed by atoms with Gasteiger partial charge in [-0.3, -0.25) is 9.78 Å². The molecule has 6 heteroatoms. The number of nitrogens with one attached hydrogen (secondary N) is 1. The number of anilines is 1. The SMILES string of the molecule is Cc1cc(C(=O)Nc2cc(C(=O)O)ccc2Cl)ccn1. The average molecular weight is 291 g/mol. The molecule has 1 aromatic heterocycles. The van der Waals surface area contributed by atoms with E-state index in [-0.39, 0.29) is 22.2 Å². The van der Waals surface area contributed by atoms with Crippen LogP contribution in [-0.4, -0.2) is 22.0 Å². The van der Waals surface area contributed by atoms with Gasteiger partial charge in [-0.15, -0.1) is 0 Å². The first kappa shape index (κ1) is 14.0. The van der Waals surface area contributed by atoms with E-state index in [0.717, 1.165) is 0 Å². The number of aromatic nitrogens is 1. The van der Waals surface area contributed by atoms with Gasteiger partial charge < -0.3 is 10.4 Å². The van der Waals surface area contributed by atoms with E-state index in [1.165, 1.54) is 24.4 Å². The third-order valence-electron chi connectivity index (χ3n) is 2.62. The predicted molar refractivity (Wildman–Crippen MR) is 75.3 cm³/mol. The summed E-state index contributed by atoms with van der Waals surface area (Å²) in [6, 6.07) is 7.31. The number of nitrogens with zero attached hydrogens (tertiary/aromatic N) is 1.